The van der Waals surface area contributed by atoms with Crippen molar-refractivity contribution in [1.29, 1.82) is 0 Å². The van der Waals surface area contributed by atoms with Crippen molar-refractivity contribution in [3.8, 4) is 23.0 Å². The minimum absolute atomic E-state index is 0. The Hall–Kier alpha value is -5.04. The van der Waals surface area contributed by atoms with Crippen molar-refractivity contribution in [2.24, 2.45) is 0 Å². The molecule has 2 unspecified atom stereocenters. The fraction of sp³-hybridized carbons (Fsp3) is 0.364. The van der Waals surface area contributed by atoms with E-state index in [0.717, 1.165) is 17.7 Å². The first-order chi connectivity index (χ1) is 26.4. The molecule has 0 saturated heterocycles. The number of phenols is 1. The quantitative estimate of drug-likeness (QED) is 0.0777. The van der Waals surface area contributed by atoms with Crippen molar-refractivity contribution >= 4 is 30.2 Å². The van der Waals surface area contributed by atoms with Gasteiger partial charge in [0.25, 0.3) is 0 Å². The van der Waals surface area contributed by atoms with E-state index >= 15 is 0 Å². The number of aromatic hydroxyl groups is 1. The topological polar surface area (TPSA) is 124 Å². The van der Waals surface area contributed by atoms with Crippen LogP contribution in [0.2, 0.25) is 0 Å². The lowest BCUT2D eigenvalue weighted by molar-refractivity contribution is -0.137. The molecule has 2 aliphatic rings. The third-order valence-electron chi connectivity index (χ3n) is 9.52. The van der Waals surface area contributed by atoms with Crippen molar-refractivity contribution in [2.75, 3.05) is 20.3 Å². The Bertz CT molecular complexity index is 2070. The lowest BCUT2D eigenvalue weighted by Gasteiger charge is -2.37. The molecule has 2 heterocycles. The van der Waals surface area contributed by atoms with E-state index in [9.17, 15) is 33.0 Å². The van der Waals surface area contributed by atoms with Gasteiger partial charge in [-0.3, -0.25) is 4.79 Å². The second-order valence-electron chi connectivity index (χ2n) is 15.0. The van der Waals surface area contributed by atoms with Gasteiger partial charge in [0, 0.05) is 37.1 Å². The molecule has 2 aliphatic heterocycles. The van der Waals surface area contributed by atoms with Gasteiger partial charge in [-0.15, -0.1) is 12.4 Å². The van der Waals surface area contributed by atoms with Crippen molar-refractivity contribution in [2.45, 2.75) is 83.4 Å². The number of ether oxygens (including phenoxy) is 4. The van der Waals surface area contributed by atoms with Gasteiger partial charge in [-0.2, -0.15) is 13.2 Å². The highest BCUT2D eigenvalue weighted by Gasteiger charge is 2.37. The summed E-state index contributed by atoms with van der Waals surface area (Å²) in [6.07, 6.45) is -0.287. The Morgan fingerprint density at radius 3 is 2.37 bits per heavy atom. The van der Waals surface area contributed by atoms with Crippen LogP contribution in [0.4, 0.5) is 13.2 Å². The van der Waals surface area contributed by atoms with Crippen LogP contribution in [0.3, 0.4) is 0 Å². The zero-order chi connectivity index (χ0) is 40.8. The van der Waals surface area contributed by atoms with Gasteiger partial charge in [-0.25, -0.2) is 4.79 Å². The van der Waals surface area contributed by atoms with E-state index in [-0.39, 0.29) is 48.6 Å². The molecule has 6 rings (SSSR count). The first-order valence-corrected chi connectivity index (χ1v) is 18.3. The van der Waals surface area contributed by atoms with Gasteiger partial charge in [0.05, 0.1) is 35.5 Å². The van der Waals surface area contributed by atoms with E-state index in [4.69, 9.17) is 18.9 Å². The lowest BCUT2D eigenvalue weighted by atomic mass is 9.89. The summed E-state index contributed by atoms with van der Waals surface area (Å²) in [5, 5.41) is 24.0. The standard InChI is InChI=1S/C25H28O6.C19H20F3NO2.ClH/c1-24(2)9-8-16-20(30-24)7-6-14(23(16)29-5)11-18(26)17-10-15-12-22(28)25(3,4)31-21(15)13-19(17)27;1-14(12-15-6-5-9-17(13-15)19(20,21)22)23-10-11-25-18(24)16-7-3-2-4-8-16;/h6-10,13,22,27-28H,11-12H2,1-5H3;2-9,13-14,23H,10-12H2,1H3;1H. The van der Waals surface area contributed by atoms with Crippen LogP contribution in [0.25, 0.3) is 6.08 Å². The van der Waals surface area contributed by atoms with Crippen LogP contribution >= 0.6 is 12.4 Å². The largest absolute Gasteiger partial charge is 0.507 e. The maximum Gasteiger partial charge on any atom is 0.416 e. The third kappa shape index (κ3) is 11.5. The van der Waals surface area contributed by atoms with Gasteiger partial charge in [0.15, 0.2) is 5.78 Å². The maximum atomic E-state index is 13.1. The van der Waals surface area contributed by atoms with Crippen LogP contribution in [-0.2, 0) is 30.2 Å². The molecule has 2 atom stereocenters. The average Bonchev–Trinajstić information content (AvgIpc) is 3.13. The number of phenolic OH excluding ortho intramolecular Hbond substituents is 1. The van der Waals surface area contributed by atoms with Crippen LogP contribution < -0.4 is 19.5 Å². The first kappa shape index (κ1) is 44.7. The summed E-state index contributed by atoms with van der Waals surface area (Å²) in [6.45, 7) is 10.0. The minimum atomic E-state index is -4.34. The van der Waals surface area contributed by atoms with Gasteiger partial charge in [-0.05, 0) is 94.7 Å². The molecule has 0 saturated carbocycles. The number of fused-ring (bicyclic) bond motifs is 2. The first-order valence-electron chi connectivity index (χ1n) is 18.3. The van der Waals surface area contributed by atoms with Crippen molar-refractivity contribution in [1.82, 2.24) is 5.32 Å². The van der Waals surface area contributed by atoms with Gasteiger partial charge in [0.2, 0.25) is 0 Å². The number of hydrogen-bond acceptors (Lipinski definition) is 9. The summed E-state index contributed by atoms with van der Waals surface area (Å²) in [4.78, 5) is 24.9. The Morgan fingerprint density at radius 1 is 0.965 bits per heavy atom. The number of carbonyl (C=O) groups excluding carboxylic acids is 2. The van der Waals surface area contributed by atoms with Crippen LogP contribution in [-0.4, -0.2) is 65.6 Å². The van der Waals surface area contributed by atoms with E-state index in [0.29, 0.717) is 58.9 Å². The molecule has 0 aromatic heterocycles. The summed E-state index contributed by atoms with van der Waals surface area (Å²) in [5.41, 5.74) is 1.67. The molecular formula is C44H49ClF3NO8. The smallest absolute Gasteiger partial charge is 0.416 e. The van der Waals surface area contributed by atoms with Gasteiger partial charge in [-0.1, -0.05) is 42.5 Å². The van der Waals surface area contributed by atoms with E-state index in [2.05, 4.69) is 5.32 Å². The fourth-order valence-corrected chi connectivity index (χ4v) is 6.43. The minimum Gasteiger partial charge on any atom is -0.507 e. The second kappa shape index (κ2) is 18.5. The molecule has 4 aromatic carbocycles. The van der Waals surface area contributed by atoms with Gasteiger partial charge >= 0.3 is 12.1 Å². The Kier molecular flexibility index (Phi) is 14.5. The van der Waals surface area contributed by atoms with Gasteiger partial charge < -0.3 is 34.5 Å². The molecule has 13 heteroatoms. The Labute approximate surface area is 337 Å². The van der Waals surface area contributed by atoms with Crippen LogP contribution in [0.5, 0.6) is 23.0 Å². The zero-order valence-electron chi connectivity index (χ0n) is 32.7. The molecule has 0 bridgehead atoms. The normalized spacial score (nSPS) is 16.5. The predicted octanol–water partition coefficient (Wildman–Crippen LogP) is 8.59. The van der Waals surface area contributed by atoms with Gasteiger partial charge in [0.1, 0.15) is 40.8 Å². The molecule has 0 radical (unpaired) electrons. The van der Waals surface area contributed by atoms with Crippen LogP contribution in [0, 0.1) is 0 Å². The summed E-state index contributed by atoms with van der Waals surface area (Å²) >= 11 is 0. The molecule has 0 aliphatic carbocycles. The fourth-order valence-electron chi connectivity index (χ4n) is 6.43. The number of alkyl halides is 3. The van der Waals surface area contributed by atoms with Crippen molar-refractivity contribution < 1.29 is 51.9 Å². The van der Waals surface area contributed by atoms with Crippen LogP contribution in [0.1, 0.15) is 83.2 Å². The van der Waals surface area contributed by atoms with Crippen molar-refractivity contribution in [3.05, 3.63) is 124 Å². The number of ketones is 1. The van der Waals surface area contributed by atoms with E-state index in [1.165, 1.54) is 12.1 Å². The number of Topliss-reactive ketones (excluding diaryl/α,β-unsaturated/α-hetero) is 1. The number of aliphatic hydroxyl groups excluding tert-OH is 1. The number of hydrogen-bond donors (Lipinski definition) is 3. The van der Waals surface area contributed by atoms with E-state index in [1.807, 2.05) is 51.1 Å². The second-order valence-corrected chi connectivity index (χ2v) is 15.0. The Balaban J connectivity index is 0.000000254. The zero-order valence-corrected chi connectivity index (χ0v) is 33.6. The summed E-state index contributed by atoms with van der Waals surface area (Å²) in [5.74, 6) is 0.979. The molecule has 4 aromatic rings. The molecule has 0 spiro atoms. The number of carbonyl (C=O) groups is 2. The molecule has 0 amide bonds. The number of esters is 1. The van der Waals surface area contributed by atoms with E-state index in [1.54, 1.807) is 57.4 Å². The molecule has 0 fully saturated rings. The number of rotatable bonds is 11. The lowest BCUT2D eigenvalue weighted by Crippen LogP contribution is -2.46. The number of benzene rings is 4. The van der Waals surface area contributed by atoms with Crippen molar-refractivity contribution in [3.63, 3.8) is 0 Å². The number of halogens is 4. The maximum absolute atomic E-state index is 13.1. The monoisotopic (exact) mass is 811 g/mol. The highest BCUT2D eigenvalue weighted by molar-refractivity contribution is 6.01. The third-order valence-corrected chi connectivity index (χ3v) is 9.52. The molecule has 3 N–H and O–H groups in total. The van der Waals surface area contributed by atoms with Crippen LogP contribution in [0.15, 0.2) is 84.9 Å². The number of methoxy groups -OCH3 is 1. The average molecular weight is 812 g/mol. The molecule has 57 heavy (non-hydrogen) atoms. The van der Waals surface area contributed by atoms with E-state index < -0.39 is 35.0 Å². The number of aliphatic hydroxyl groups is 1. The number of nitrogens with one attached hydrogen (secondary N) is 1. The summed E-state index contributed by atoms with van der Waals surface area (Å²) in [6, 6.07) is 20.7. The SMILES string of the molecule is CC(Cc1cccc(C(F)(F)F)c1)NCCOC(=O)c1ccccc1.COc1c(CC(=O)c2cc3c(cc2O)OC(C)(C)C(O)C3)ccc2c1C=CC(C)(C)O2.Cl. The molecule has 306 valence electrons. The highest BCUT2D eigenvalue weighted by atomic mass is 35.5. The molecule has 9 nitrogen and oxygen atoms in total. The summed E-state index contributed by atoms with van der Waals surface area (Å²) in [7, 11) is 1.56. The highest BCUT2D eigenvalue weighted by Crippen LogP contribution is 2.41. The summed E-state index contributed by atoms with van der Waals surface area (Å²) < 4.78 is 60.7. The Morgan fingerprint density at radius 2 is 1.68 bits per heavy atom. The molecular weight excluding hydrogens is 763 g/mol. The predicted molar refractivity (Wildman–Crippen MR) is 214 cm³/mol.